The molecule has 9 nitrogen and oxygen atoms in total. The summed E-state index contributed by atoms with van der Waals surface area (Å²) in [6.07, 6.45) is -3.10. The van der Waals surface area contributed by atoms with Crippen molar-refractivity contribution in [3.63, 3.8) is 0 Å². The number of amides is 1. The largest absolute Gasteiger partial charge is 0.417 e. The van der Waals surface area contributed by atoms with Crippen LogP contribution in [0.1, 0.15) is 45.5 Å². The molecule has 0 aliphatic carbocycles. The van der Waals surface area contributed by atoms with Crippen molar-refractivity contribution >= 4 is 32.9 Å². The Balaban J connectivity index is 1.51. The molecule has 1 unspecified atom stereocenters. The molecule has 1 aliphatic rings. The zero-order valence-corrected chi connectivity index (χ0v) is 25.0. The molecule has 0 spiro atoms. The van der Waals surface area contributed by atoms with Crippen LogP contribution in [0.25, 0.3) is 22.7 Å². The second-order valence-electron chi connectivity index (χ2n) is 10.6. The van der Waals surface area contributed by atoms with E-state index >= 15 is 4.39 Å². The first-order chi connectivity index (χ1) is 20.2. The molecule has 14 heteroatoms. The van der Waals surface area contributed by atoms with Crippen molar-refractivity contribution in [3.05, 3.63) is 97.1 Å². The summed E-state index contributed by atoms with van der Waals surface area (Å²) in [6, 6.07) is 7.43. The van der Waals surface area contributed by atoms with E-state index in [2.05, 4.69) is 26.0 Å². The van der Waals surface area contributed by atoms with Crippen LogP contribution in [0, 0.1) is 19.7 Å². The SMILES string of the molecule is Cc1cc(C)n(-c2nc3c(c(=O)n2-c2cc(F)c4ncn(C)c4c2)CC(C)N(C(=O)c2ccc(Br)c(C(F)(F)F)c2)C3)n1. The van der Waals surface area contributed by atoms with Crippen LogP contribution in [0.15, 0.2) is 52.0 Å². The third-order valence-corrected chi connectivity index (χ3v) is 8.29. The molecule has 0 radical (unpaired) electrons. The molecule has 3 aromatic heterocycles. The van der Waals surface area contributed by atoms with Crippen molar-refractivity contribution in [1.82, 2.24) is 33.8 Å². The lowest BCUT2D eigenvalue weighted by Crippen LogP contribution is -2.46. The smallest absolute Gasteiger partial charge is 0.334 e. The average Bonchev–Trinajstić information content (AvgIpc) is 3.48. The second kappa shape index (κ2) is 10.1. The summed E-state index contributed by atoms with van der Waals surface area (Å²) in [5.74, 6) is -1.16. The fourth-order valence-electron chi connectivity index (χ4n) is 5.47. The maximum Gasteiger partial charge on any atom is 0.417 e. The van der Waals surface area contributed by atoms with Crippen molar-refractivity contribution in [2.45, 2.75) is 46.0 Å². The number of aryl methyl sites for hydroxylation is 3. The van der Waals surface area contributed by atoms with Crippen LogP contribution < -0.4 is 5.56 Å². The average molecular weight is 658 g/mol. The number of hydrogen-bond acceptors (Lipinski definition) is 5. The lowest BCUT2D eigenvalue weighted by molar-refractivity contribution is -0.138. The number of carbonyl (C=O) groups is 1. The van der Waals surface area contributed by atoms with Crippen LogP contribution in [0.3, 0.4) is 0 Å². The summed E-state index contributed by atoms with van der Waals surface area (Å²) < 4.78 is 60.0. The highest BCUT2D eigenvalue weighted by Gasteiger charge is 2.36. The van der Waals surface area contributed by atoms with Gasteiger partial charge in [0.05, 0.1) is 41.0 Å². The Morgan fingerprint density at radius 3 is 2.53 bits per heavy atom. The van der Waals surface area contributed by atoms with Gasteiger partial charge in [-0.3, -0.25) is 9.59 Å². The number of aromatic nitrogens is 6. The molecule has 0 fully saturated rings. The van der Waals surface area contributed by atoms with Gasteiger partial charge < -0.3 is 9.47 Å². The van der Waals surface area contributed by atoms with E-state index < -0.39 is 35.1 Å². The van der Waals surface area contributed by atoms with Crippen molar-refractivity contribution < 1.29 is 22.4 Å². The number of alkyl halides is 3. The van der Waals surface area contributed by atoms with E-state index in [9.17, 15) is 22.8 Å². The minimum atomic E-state index is -4.66. The molecule has 0 saturated carbocycles. The third-order valence-electron chi connectivity index (χ3n) is 7.60. The molecule has 4 heterocycles. The number of carbonyl (C=O) groups excluding carboxylic acids is 1. The van der Waals surface area contributed by atoms with Crippen LogP contribution in [0.5, 0.6) is 0 Å². The highest BCUT2D eigenvalue weighted by Crippen LogP contribution is 2.36. The molecule has 1 aliphatic heterocycles. The van der Waals surface area contributed by atoms with Gasteiger partial charge >= 0.3 is 6.18 Å². The Hall–Kier alpha value is -4.33. The first-order valence-corrected chi connectivity index (χ1v) is 14.0. The molecule has 0 bridgehead atoms. The number of fused-ring (bicyclic) bond motifs is 2. The monoisotopic (exact) mass is 657 g/mol. The zero-order chi connectivity index (χ0) is 31.0. The molecule has 0 N–H and O–H groups in total. The molecule has 1 amide bonds. The highest BCUT2D eigenvalue weighted by atomic mass is 79.9. The maximum atomic E-state index is 15.2. The molecule has 0 saturated heterocycles. The number of nitrogens with zero attached hydrogens (tertiary/aromatic N) is 7. The van der Waals surface area contributed by atoms with Crippen LogP contribution >= 0.6 is 15.9 Å². The molecule has 43 heavy (non-hydrogen) atoms. The summed E-state index contributed by atoms with van der Waals surface area (Å²) in [4.78, 5) is 38.0. The molecule has 6 rings (SSSR count). The van der Waals surface area contributed by atoms with Gasteiger partial charge in [0.25, 0.3) is 11.5 Å². The van der Waals surface area contributed by atoms with Crippen molar-refractivity contribution in [2.75, 3.05) is 0 Å². The predicted octanol–water partition coefficient (Wildman–Crippen LogP) is 5.43. The number of benzene rings is 2. The predicted molar refractivity (Wildman–Crippen MR) is 153 cm³/mol. The maximum absolute atomic E-state index is 15.2. The van der Waals surface area contributed by atoms with E-state index in [1.807, 2.05) is 0 Å². The van der Waals surface area contributed by atoms with Gasteiger partial charge in [-0.2, -0.15) is 18.3 Å². The topological polar surface area (TPSA) is 90.8 Å². The summed E-state index contributed by atoms with van der Waals surface area (Å²) >= 11 is 2.91. The Kier molecular flexibility index (Phi) is 6.79. The van der Waals surface area contributed by atoms with E-state index in [0.29, 0.717) is 22.5 Å². The molecule has 1 atom stereocenters. The van der Waals surface area contributed by atoms with E-state index in [4.69, 9.17) is 4.98 Å². The van der Waals surface area contributed by atoms with E-state index in [1.54, 1.807) is 44.5 Å². The van der Waals surface area contributed by atoms with E-state index in [1.165, 1.54) is 38.7 Å². The third kappa shape index (κ3) is 4.82. The van der Waals surface area contributed by atoms with Gasteiger partial charge in [-0.25, -0.2) is 23.6 Å². The summed E-state index contributed by atoms with van der Waals surface area (Å²) in [5.41, 5.74) is 1.19. The standard InChI is InChI=1S/C29H24BrF4N7O2/c1-14-7-16(3)41(37-14)28-36-23-12-39(26(42)17-5-6-21(30)20(9-17)29(32,33)34)15(2)8-19(23)27(43)40(28)18-10-22(31)25-24(11-18)38(4)13-35-25/h5-7,9-11,13,15H,8,12H2,1-4H3. The Morgan fingerprint density at radius 1 is 1.12 bits per heavy atom. The van der Waals surface area contributed by atoms with Gasteiger partial charge in [0.1, 0.15) is 5.52 Å². The van der Waals surface area contributed by atoms with Crippen LogP contribution in [-0.2, 0) is 26.2 Å². The number of hydrogen-bond donors (Lipinski definition) is 0. The zero-order valence-electron chi connectivity index (χ0n) is 23.4. The van der Waals surface area contributed by atoms with Gasteiger partial charge in [0.15, 0.2) is 5.82 Å². The van der Waals surface area contributed by atoms with Crippen molar-refractivity contribution in [2.24, 2.45) is 7.05 Å². The summed E-state index contributed by atoms with van der Waals surface area (Å²) in [6.45, 7) is 5.15. The Bertz CT molecular complexity index is 2010. The van der Waals surface area contributed by atoms with Gasteiger partial charge in [-0.1, -0.05) is 15.9 Å². The summed E-state index contributed by atoms with van der Waals surface area (Å²) in [5, 5.41) is 4.50. The first kappa shape index (κ1) is 28.8. The quantitative estimate of drug-likeness (QED) is 0.242. The molecule has 222 valence electrons. The Morgan fingerprint density at radius 2 is 1.86 bits per heavy atom. The lowest BCUT2D eigenvalue weighted by Gasteiger charge is -2.34. The molecule has 5 aromatic rings. The fraction of sp³-hybridized carbons (Fsp3) is 0.276. The minimum absolute atomic E-state index is 0.0835. The van der Waals surface area contributed by atoms with Gasteiger partial charge in [0, 0.05) is 40.4 Å². The molecular weight excluding hydrogens is 634 g/mol. The van der Waals surface area contributed by atoms with E-state index in [-0.39, 0.29) is 45.8 Å². The van der Waals surface area contributed by atoms with Gasteiger partial charge in [-0.15, -0.1) is 0 Å². The lowest BCUT2D eigenvalue weighted by atomic mass is 9.98. The van der Waals surface area contributed by atoms with Gasteiger partial charge in [-0.05, 0) is 57.5 Å². The second-order valence-corrected chi connectivity index (χ2v) is 11.5. The Labute approximate surface area is 250 Å². The first-order valence-electron chi connectivity index (χ1n) is 13.2. The fourth-order valence-corrected chi connectivity index (χ4v) is 5.94. The van der Waals surface area contributed by atoms with E-state index in [0.717, 1.165) is 6.07 Å². The molecule has 2 aromatic carbocycles. The van der Waals surface area contributed by atoms with Crippen LogP contribution in [0.2, 0.25) is 0 Å². The molecular formula is C29H24BrF4N7O2. The van der Waals surface area contributed by atoms with Gasteiger partial charge in [0.2, 0.25) is 5.95 Å². The minimum Gasteiger partial charge on any atom is -0.334 e. The summed E-state index contributed by atoms with van der Waals surface area (Å²) in [7, 11) is 1.71. The van der Waals surface area contributed by atoms with Crippen molar-refractivity contribution in [3.8, 4) is 11.6 Å². The highest BCUT2D eigenvalue weighted by molar-refractivity contribution is 9.10. The number of rotatable bonds is 3. The van der Waals surface area contributed by atoms with Crippen LogP contribution in [0.4, 0.5) is 17.6 Å². The van der Waals surface area contributed by atoms with Crippen molar-refractivity contribution in [1.29, 1.82) is 0 Å². The number of halogens is 5. The normalized spacial score (nSPS) is 15.3. The number of imidazole rings is 1. The van der Waals surface area contributed by atoms with Crippen LogP contribution in [-0.4, -0.2) is 45.7 Å².